The third kappa shape index (κ3) is 3.77. The first-order valence-electron chi connectivity index (χ1n) is 8.14. The van der Waals surface area contributed by atoms with Gasteiger partial charge in [0.25, 0.3) is 5.56 Å². The Bertz CT molecular complexity index is 1160. The number of anilines is 1. The molecule has 2 heterocycles. The number of aryl methyl sites for hydroxylation is 1. The van der Waals surface area contributed by atoms with E-state index >= 15 is 0 Å². The number of hydrogen-bond donors (Lipinski definition) is 1. The van der Waals surface area contributed by atoms with Crippen molar-refractivity contribution in [3.05, 3.63) is 51.4 Å². The summed E-state index contributed by atoms with van der Waals surface area (Å²) in [6.45, 7) is 0.396. The summed E-state index contributed by atoms with van der Waals surface area (Å²) in [4.78, 5) is 40.6. The summed E-state index contributed by atoms with van der Waals surface area (Å²) >= 11 is 0. The molecule has 3 rings (SSSR count). The van der Waals surface area contributed by atoms with Gasteiger partial charge in [0.15, 0.2) is 11.2 Å². The van der Waals surface area contributed by atoms with E-state index in [4.69, 9.17) is 0 Å². The van der Waals surface area contributed by atoms with Gasteiger partial charge in [-0.25, -0.2) is 9.78 Å². The molecule has 0 aliphatic heterocycles. The zero-order valence-corrected chi connectivity index (χ0v) is 15.3. The van der Waals surface area contributed by atoms with Crippen LogP contribution in [0.4, 0.5) is 14.5 Å². The van der Waals surface area contributed by atoms with E-state index in [-0.39, 0.29) is 23.5 Å². The Morgan fingerprint density at radius 2 is 1.82 bits per heavy atom. The lowest BCUT2D eigenvalue weighted by molar-refractivity contribution is -0.158. The number of benzene rings is 1. The van der Waals surface area contributed by atoms with E-state index in [9.17, 15) is 23.2 Å². The summed E-state index contributed by atoms with van der Waals surface area (Å²) < 4.78 is 33.5. The zero-order chi connectivity index (χ0) is 20.6. The number of rotatable bonds is 5. The number of aromatic nitrogens is 4. The average molecular weight is 393 g/mol. The molecule has 0 spiro atoms. The molecule has 0 aliphatic carbocycles. The standard InChI is InChI=1S/C17H17F2N5O4/c1-17(18,19)28-11-6-4-10(5-7-11)21-12(25)8-24-9-20-14-13(24)15(26)23(3)16(27)22(14)2/h4-7,9H,8H2,1-3H3,(H,21,25). The average Bonchev–Trinajstić information content (AvgIpc) is 3.02. The van der Waals surface area contributed by atoms with Crippen molar-refractivity contribution in [2.75, 3.05) is 5.32 Å². The van der Waals surface area contributed by atoms with Crippen LogP contribution >= 0.6 is 0 Å². The van der Waals surface area contributed by atoms with Crippen LogP contribution in [0.5, 0.6) is 5.75 Å². The highest BCUT2D eigenvalue weighted by Gasteiger charge is 2.23. The zero-order valence-electron chi connectivity index (χ0n) is 15.3. The number of nitrogens with zero attached hydrogens (tertiary/aromatic N) is 4. The SMILES string of the molecule is Cn1c(=O)c2c(ncn2CC(=O)Nc2ccc(OC(C)(F)F)cc2)n(C)c1=O. The molecule has 0 radical (unpaired) electrons. The van der Waals surface area contributed by atoms with Crippen LogP contribution in [0, 0.1) is 0 Å². The molecule has 1 N–H and O–H groups in total. The molecule has 0 aliphatic rings. The molecule has 0 bridgehead atoms. The smallest absolute Gasteiger partial charge is 0.394 e. The number of ether oxygens (including phenoxy) is 1. The van der Waals surface area contributed by atoms with Crippen molar-refractivity contribution in [3.63, 3.8) is 0 Å². The number of fused-ring (bicyclic) bond motifs is 1. The van der Waals surface area contributed by atoms with Gasteiger partial charge in [0.2, 0.25) is 5.91 Å². The lowest BCUT2D eigenvalue weighted by Gasteiger charge is -2.13. The molecule has 2 aromatic heterocycles. The second-order valence-electron chi connectivity index (χ2n) is 6.23. The van der Waals surface area contributed by atoms with E-state index in [0.717, 1.165) is 4.57 Å². The number of nitrogens with one attached hydrogen (secondary N) is 1. The topological polar surface area (TPSA) is 100 Å². The fourth-order valence-corrected chi connectivity index (χ4v) is 2.69. The van der Waals surface area contributed by atoms with Gasteiger partial charge in [-0.1, -0.05) is 0 Å². The first kappa shape index (κ1) is 19.3. The van der Waals surface area contributed by atoms with Crippen LogP contribution in [-0.4, -0.2) is 30.7 Å². The van der Waals surface area contributed by atoms with Crippen molar-refractivity contribution >= 4 is 22.8 Å². The number of hydrogen-bond acceptors (Lipinski definition) is 5. The maximum atomic E-state index is 12.8. The maximum Gasteiger partial charge on any atom is 0.394 e. The van der Waals surface area contributed by atoms with Crippen molar-refractivity contribution in [1.82, 2.24) is 18.7 Å². The monoisotopic (exact) mass is 393 g/mol. The van der Waals surface area contributed by atoms with Crippen LogP contribution in [0.3, 0.4) is 0 Å². The molecule has 1 aromatic carbocycles. The van der Waals surface area contributed by atoms with E-state index in [1.807, 2.05) is 0 Å². The van der Waals surface area contributed by atoms with Crippen LogP contribution in [0.2, 0.25) is 0 Å². The molecule has 9 nitrogen and oxygen atoms in total. The van der Waals surface area contributed by atoms with Gasteiger partial charge in [0.05, 0.1) is 6.33 Å². The summed E-state index contributed by atoms with van der Waals surface area (Å²) in [6, 6.07) is 5.41. The minimum Gasteiger partial charge on any atom is -0.433 e. The molecular formula is C17H17F2N5O4. The second kappa shape index (κ2) is 6.91. The van der Waals surface area contributed by atoms with Crippen molar-refractivity contribution in [2.24, 2.45) is 14.1 Å². The van der Waals surface area contributed by atoms with E-state index in [1.165, 1.54) is 53.8 Å². The Balaban J connectivity index is 1.79. The second-order valence-corrected chi connectivity index (χ2v) is 6.23. The Morgan fingerprint density at radius 1 is 1.18 bits per heavy atom. The predicted molar refractivity (Wildman–Crippen MR) is 96.5 cm³/mol. The number of halogens is 2. The normalized spacial score (nSPS) is 11.6. The van der Waals surface area contributed by atoms with Gasteiger partial charge in [-0.3, -0.25) is 18.7 Å². The van der Waals surface area contributed by atoms with Crippen molar-refractivity contribution in [2.45, 2.75) is 19.6 Å². The van der Waals surface area contributed by atoms with Gasteiger partial charge < -0.3 is 14.6 Å². The summed E-state index contributed by atoms with van der Waals surface area (Å²) in [7, 11) is 2.82. The Hall–Kier alpha value is -3.50. The molecule has 1 amide bonds. The van der Waals surface area contributed by atoms with Crippen molar-refractivity contribution in [1.29, 1.82) is 0 Å². The largest absolute Gasteiger partial charge is 0.433 e. The number of amides is 1. The summed E-state index contributed by atoms with van der Waals surface area (Å²) in [5.74, 6) is -0.514. The summed E-state index contributed by atoms with van der Waals surface area (Å²) in [6.07, 6.45) is -2.01. The summed E-state index contributed by atoms with van der Waals surface area (Å²) in [5, 5.41) is 2.59. The lowest BCUT2D eigenvalue weighted by Crippen LogP contribution is -2.37. The van der Waals surface area contributed by atoms with E-state index < -0.39 is 23.3 Å². The molecule has 0 saturated heterocycles. The molecule has 0 fully saturated rings. The van der Waals surface area contributed by atoms with Gasteiger partial charge in [-0.15, -0.1) is 0 Å². The van der Waals surface area contributed by atoms with Gasteiger partial charge in [0, 0.05) is 26.7 Å². The quantitative estimate of drug-likeness (QED) is 0.699. The molecule has 148 valence electrons. The molecule has 11 heteroatoms. The first-order chi connectivity index (χ1) is 13.1. The highest BCUT2D eigenvalue weighted by atomic mass is 19.3. The Morgan fingerprint density at radius 3 is 2.43 bits per heavy atom. The van der Waals surface area contributed by atoms with Crippen LogP contribution in [0.15, 0.2) is 40.2 Å². The molecule has 28 heavy (non-hydrogen) atoms. The fraction of sp³-hybridized carbons (Fsp3) is 0.294. The molecule has 0 atom stereocenters. The third-order valence-electron chi connectivity index (χ3n) is 3.97. The van der Waals surface area contributed by atoms with Crippen LogP contribution < -0.4 is 21.3 Å². The van der Waals surface area contributed by atoms with E-state index in [2.05, 4.69) is 15.0 Å². The number of alkyl halides is 2. The lowest BCUT2D eigenvalue weighted by atomic mass is 10.3. The highest BCUT2D eigenvalue weighted by Crippen LogP contribution is 2.22. The predicted octanol–water partition coefficient (Wildman–Crippen LogP) is 1.06. The number of carbonyl (C=O) groups excluding carboxylic acids is 1. The molecule has 0 saturated carbocycles. The third-order valence-corrected chi connectivity index (χ3v) is 3.97. The number of imidazole rings is 1. The Kier molecular flexibility index (Phi) is 4.75. The van der Waals surface area contributed by atoms with Gasteiger partial charge in [-0.2, -0.15) is 8.78 Å². The fourth-order valence-electron chi connectivity index (χ4n) is 2.69. The molecule has 3 aromatic rings. The minimum absolute atomic E-state index is 0.0458. The Labute approximate surface area is 156 Å². The minimum atomic E-state index is -3.31. The summed E-state index contributed by atoms with van der Waals surface area (Å²) in [5.41, 5.74) is -0.435. The molecular weight excluding hydrogens is 376 g/mol. The maximum absolute atomic E-state index is 12.8. The van der Waals surface area contributed by atoms with Crippen LogP contribution in [-0.2, 0) is 25.4 Å². The van der Waals surface area contributed by atoms with E-state index in [0.29, 0.717) is 12.6 Å². The number of carbonyl (C=O) groups is 1. The van der Waals surface area contributed by atoms with Gasteiger partial charge in [-0.05, 0) is 24.3 Å². The molecule has 0 unspecified atom stereocenters. The highest BCUT2D eigenvalue weighted by molar-refractivity contribution is 5.91. The van der Waals surface area contributed by atoms with Crippen LogP contribution in [0.1, 0.15) is 6.92 Å². The van der Waals surface area contributed by atoms with Gasteiger partial charge >= 0.3 is 11.8 Å². The van der Waals surface area contributed by atoms with Gasteiger partial charge in [0.1, 0.15) is 12.3 Å². The van der Waals surface area contributed by atoms with Crippen LogP contribution in [0.25, 0.3) is 11.2 Å². The van der Waals surface area contributed by atoms with Crippen molar-refractivity contribution in [3.8, 4) is 5.75 Å². The first-order valence-corrected chi connectivity index (χ1v) is 8.14. The van der Waals surface area contributed by atoms with Crippen molar-refractivity contribution < 1.29 is 18.3 Å². The van der Waals surface area contributed by atoms with E-state index in [1.54, 1.807) is 0 Å².